The van der Waals surface area contributed by atoms with Crippen LogP contribution < -0.4 is 0 Å². The first-order valence-electron chi connectivity index (χ1n) is 9.40. The highest BCUT2D eigenvalue weighted by Crippen LogP contribution is 2.32. The molecule has 0 amide bonds. The maximum Gasteiger partial charge on any atom is 0.0825 e. The van der Waals surface area contributed by atoms with Crippen LogP contribution in [0.2, 0.25) is 0 Å². The van der Waals surface area contributed by atoms with E-state index in [0.717, 1.165) is 37.7 Å². The van der Waals surface area contributed by atoms with Crippen LogP contribution in [0.5, 0.6) is 0 Å². The first-order valence-corrected chi connectivity index (χ1v) is 9.81. The van der Waals surface area contributed by atoms with Gasteiger partial charge in [0.1, 0.15) is 0 Å². The average Bonchev–Trinajstić information content (AvgIpc) is 2.75. The summed E-state index contributed by atoms with van der Waals surface area (Å²) in [6.45, 7) is 3.35. The summed E-state index contributed by atoms with van der Waals surface area (Å²) in [5.74, 6) is 0. The fourth-order valence-corrected chi connectivity index (χ4v) is 3.85. The van der Waals surface area contributed by atoms with Crippen molar-refractivity contribution in [1.82, 2.24) is 4.90 Å². The third-order valence-electron chi connectivity index (χ3n) is 5.00. The lowest BCUT2D eigenvalue weighted by Crippen LogP contribution is -2.40. The lowest BCUT2D eigenvalue weighted by atomic mass is 9.94. The molecular formula is C24H23NOS. The Kier molecular flexibility index (Phi) is 5.61. The van der Waals surface area contributed by atoms with Crippen LogP contribution in [0.25, 0.3) is 22.3 Å². The van der Waals surface area contributed by atoms with Crippen LogP contribution >= 0.6 is 12.2 Å². The molecule has 1 saturated heterocycles. The fourth-order valence-electron chi connectivity index (χ4n) is 3.51. The Bertz CT molecular complexity index is 899. The zero-order valence-corrected chi connectivity index (χ0v) is 16.1. The minimum atomic E-state index is 0.773. The van der Waals surface area contributed by atoms with E-state index < -0.39 is 0 Å². The molecule has 1 aliphatic heterocycles. The van der Waals surface area contributed by atoms with E-state index in [0.29, 0.717) is 0 Å². The second-order valence-electron chi connectivity index (χ2n) is 6.78. The molecule has 0 N–H and O–H groups in total. The predicted octanol–water partition coefficient (Wildman–Crippen LogP) is 5.22. The Labute approximate surface area is 166 Å². The molecule has 0 radical (unpaired) electrons. The van der Waals surface area contributed by atoms with Crippen LogP contribution in [0.4, 0.5) is 0 Å². The largest absolute Gasteiger partial charge is 0.378 e. The van der Waals surface area contributed by atoms with E-state index in [1.165, 1.54) is 27.8 Å². The van der Waals surface area contributed by atoms with E-state index in [4.69, 9.17) is 17.0 Å². The van der Waals surface area contributed by atoms with Crippen molar-refractivity contribution >= 4 is 17.2 Å². The molecule has 0 unspecified atom stereocenters. The molecule has 1 aliphatic rings. The molecular weight excluding hydrogens is 350 g/mol. The van der Waals surface area contributed by atoms with Gasteiger partial charge in [0.25, 0.3) is 0 Å². The van der Waals surface area contributed by atoms with E-state index in [1.54, 1.807) is 0 Å². The Morgan fingerprint density at radius 1 is 0.741 bits per heavy atom. The second kappa shape index (κ2) is 8.47. The summed E-state index contributed by atoms with van der Waals surface area (Å²) in [5, 5.41) is 0. The summed E-state index contributed by atoms with van der Waals surface area (Å²) < 4.78 is 5.41. The summed E-state index contributed by atoms with van der Waals surface area (Å²) in [4.78, 5) is 3.27. The standard InChI is InChI=1S/C24H23NOS/c27-24(25-14-16-26-17-15-25)18-19-10-12-21(13-11-19)23-9-5-4-8-22(23)20-6-2-1-3-7-20/h1-13H,14-18H2. The van der Waals surface area contributed by atoms with E-state index in [1.807, 2.05) is 0 Å². The normalized spacial score (nSPS) is 14.1. The summed E-state index contributed by atoms with van der Waals surface area (Å²) in [5.41, 5.74) is 6.24. The van der Waals surface area contributed by atoms with Crippen LogP contribution in [0.1, 0.15) is 5.56 Å². The first kappa shape index (κ1) is 17.9. The van der Waals surface area contributed by atoms with Gasteiger partial charge in [0.2, 0.25) is 0 Å². The Balaban J connectivity index is 1.54. The van der Waals surface area contributed by atoms with Crippen LogP contribution in [0, 0.1) is 0 Å². The third-order valence-corrected chi connectivity index (χ3v) is 5.40. The molecule has 0 saturated carbocycles. The summed E-state index contributed by atoms with van der Waals surface area (Å²) in [6, 6.07) is 27.9. The molecule has 2 nitrogen and oxygen atoms in total. The number of benzene rings is 3. The highest BCUT2D eigenvalue weighted by Gasteiger charge is 2.14. The average molecular weight is 374 g/mol. The number of rotatable bonds is 4. The van der Waals surface area contributed by atoms with Crippen molar-refractivity contribution in [2.75, 3.05) is 26.3 Å². The van der Waals surface area contributed by atoms with Crippen molar-refractivity contribution < 1.29 is 4.74 Å². The number of thiocarbonyl (C=S) groups is 1. The van der Waals surface area contributed by atoms with Gasteiger partial charge in [-0.2, -0.15) is 0 Å². The van der Waals surface area contributed by atoms with Crippen molar-refractivity contribution in [3.05, 3.63) is 84.4 Å². The molecule has 3 aromatic rings. The van der Waals surface area contributed by atoms with Gasteiger partial charge in [0.05, 0.1) is 18.2 Å². The van der Waals surface area contributed by atoms with Crippen molar-refractivity contribution in [2.24, 2.45) is 0 Å². The van der Waals surface area contributed by atoms with Crippen LogP contribution in [-0.2, 0) is 11.2 Å². The zero-order valence-electron chi connectivity index (χ0n) is 15.3. The second-order valence-corrected chi connectivity index (χ2v) is 7.25. The first-order chi connectivity index (χ1) is 13.3. The van der Waals surface area contributed by atoms with Gasteiger partial charge >= 0.3 is 0 Å². The van der Waals surface area contributed by atoms with Gasteiger partial charge in [-0.25, -0.2) is 0 Å². The van der Waals surface area contributed by atoms with Gasteiger partial charge in [0, 0.05) is 19.5 Å². The molecule has 0 spiro atoms. The molecule has 4 rings (SSSR count). The maximum absolute atomic E-state index is 5.64. The molecule has 1 fully saturated rings. The molecule has 1 heterocycles. The third kappa shape index (κ3) is 4.26. The molecule has 0 aliphatic carbocycles. The topological polar surface area (TPSA) is 12.5 Å². The molecule has 136 valence electrons. The Morgan fingerprint density at radius 3 is 1.93 bits per heavy atom. The maximum atomic E-state index is 5.64. The molecule has 3 heteroatoms. The molecule has 0 aromatic heterocycles. The van der Waals surface area contributed by atoms with Crippen LogP contribution in [-0.4, -0.2) is 36.2 Å². The highest BCUT2D eigenvalue weighted by molar-refractivity contribution is 7.80. The van der Waals surface area contributed by atoms with E-state index in [-0.39, 0.29) is 0 Å². The lowest BCUT2D eigenvalue weighted by molar-refractivity contribution is 0.0685. The van der Waals surface area contributed by atoms with Crippen LogP contribution in [0.15, 0.2) is 78.9 Å². The number of hydrogen-bond donors (Lipinski definition) is 0. The molecule has 3 aromatic carbocycles. The number of morpholine rings is 1. The predicted molar refractivity (Wildman–Crippen MR) is 116 cm³/mol. The highest BCUT2D eigenvalue weighted by atomic mass is 32.1. The lowest BCUT2D eigenvalue weighted by Gasteiger charge is -2.29. The summed E-state index contributed by atoms with van der Waals surface area (Å²) >= 11 is 5.64. The Morgan fingerprint density at radius 2 is 1.30 bits per heavy atom. The van der Waals surface area contributed by atoms with Gasteiger partial charge < -0.3 is 9.64 Å². The van der Waals surface area contributed by atoms with Gasteiger partial charge in [-0.3, -0.25) is 0 Å². The smallest absolute Gasteiger partial charge is 0.0825 e. The molecule has 0 bridgehead atoms. The van der Waals surface area contributed by atoms with Crippen molar-refractivity contribution in [1.29, 1.82) is 0 Å². The van der Waals surface area contributed by atoms with Gasteiger partial charge in [-0.15, -0.1) is 0 Å². The van der Waals surface area contributed by atoms with Crippen molar-refractivity contribution in [3.63, 3.8) is 0 Å². The fraction of sp³-hybridized carbons (Fsp3) is 0.208. The molecule has 0 atom stereocenters. The minimum Gasteiger partial charge on any atom is -0.378 e. The van der Waals surface area contributed by atoms with E-state index >= 15 is 0 Å². The number of ether oxygens (including phenoxy) is 1. The van der Waals surface area contributed by atoms with E-state index in [9.17, 15) is 0 Å². The minimum absolute atomic E-state index is 0.773. The molecule has 27 heavy (non-hydrogen) atoms. The SMILES string of the molecule is S=C(Cc1ccc(-c2ccccc2-c2ccccc2)cc1)N1CCOCC1. The van der Waals surface area contributed by atoms with Crippen molar-refractivity contribution in [3.8, 4) is 22.3 Å². The van der Waals surface area contributed by atoms with Crippen molar-refractivity contribution in [2.45, 2.75) is 6.42 Å². The van der Waals surface area contributed by atoms with E-state index in [2.05, 4.69) is 83.8 Å². The van der Waals surface area contributed by atoms with Gasteiger partial charge in [-0.1, -0.05) is 91.1 Å². The zero-order chi connectivity index (χ0) is 18.5. The van der Waals surface area contributed by atoms with Gasteiger partial charge in [-0.05, 0) is 27.8 Å². The van der Waals surface area contributed by atoms with Gasteiger partial charge in [0.15, 0.2) is 0 Å². The number of hydrogen-bond acceptors (Lipinski definition) is 2. The van der Waals surface area contributed by atoms with Crippen LogP contribution in [0.3, 0.4) is 0 Å². The number of nitrogens with zero attached hydrogens (tertiary/aromatic N) is 1. The Hall–Kier alpha value is -2.49. The monoisotopic (exact) mass is 373 g/mol. The quantitative estimate of drug-likeness (QED) is 0.582. The summed E-state index contributed by atoms with van der Waals surface area (Å²) in [7, 11) is 0. The summed E-state index contributed by atoms with van der Waals surface area (Å²) in [6.07, 6.45) is 0.815.